The summed E-state index contributed by atoms with van der Waals surface area (Å²) < 4.78 is 11.5. The van der Waals surface area contributed by atoms with Crippen molar-refractivity contribution >= 4 is 35.1 Å². The number of nitrogens with zero attached hydrogens (tertiary/aromatic N) is 4. The molecule has 0 aliphatic carbocycles. The van der Waals surface area contributed by atoms with E-state index in [-0.39, 0.29) is 12.0 Å². The van der Waals surface area contributed by atoms with Gasteiger partial charge in [0, 0.05) is 55.6 Å². The molecule has 1 saturated heterocycles. The molecular formula is C32H35ClN4O4. The number of hydrogen-bond acceptors (Lipinski definition) is 6. The number of methoxy groups -OCH3 is 1. The van der Waals surface area contributed by atoms with Crippen LogP contribution in [0.1, 0.15) is 27.7 Å². The fourth-order valence-corrected chi connectivity index (χ4v) is 5.41. The first-order valence-corrected chi connectivity index (χ1v) is 14.1. The molecule has 1 fully saturated rings. The van der Waals surface area contributed by atoms with Gasteiger partial charge in [-0.1, -0.05) is 41.9 Å². The SMILES string of the molecule is COc1c(-c2ccnc(N3CCN(C(=O)OC(C)(C)C)CC3)c2)cccc1-c1ccc(N2CC=C(C)C2=O)c(Cl)c1. The van der Waals surface area contributed by atoms with Crippen molar-refractivity contribution in [2.24, 2.45) is 0 Å². The summed E-state index contributed by atoms with van der Waals surface area (Å²) in [6.45, 7) is 10.4. The summed E-state index contributed by atoms with van der Waals surface area (Å²) in [5, 5.41) is 0.503. The van der Waals surface area contributed by atoms with Gasteiger partial charge in [0.15, 0.2) is 0 Å². The molecule has 5 rings (SSSR count). The number of rotatable bonds is 5. The van der Waals surface area contributed by atoms with E-state index in [1.54, 1.807) is 23.1 Å². The van der Waals surface area contributed by atoms with Crippen LogP contribution in [0.5, 0.6) is 5.75 Å². The van der Waals surface area contributed by atoms with Crippen molar-refractivity contribution in [2.75, 3.05) is 49.6 Å². The van der Waals surface area contributed by atoms with Crippen LogP contribution in [0.3, 0.4) is 0 Å². The lowest BCUT2D eigenvalue weighted by Gasteiger charge is -2.36. The molecule has 2 aromatic carbocycles. The third-order valence-electron chi connectivity index (χ3n) is 7.24. The molecule has 0 N–H and O–H groups in total. The van der Waals surface area contributed by atoms with E-state index in [4.69, 9.17) is 21.1 Å². The Morgan fingerprint density at radius 3 is 2.24 bits per heavy atom. The van der Waals surface area contributed by atoms with Crippen molar-refractivity contribution in [3.63, 3.8) is 0 Å². The third kappa shape index (κ3) is 6.03. The van der Waals surface area contributed by atoms with Crippen molar-refractivity contribution in [3.05, 3.63) is 71.4 Å². The fraction of sp³-hybridized carbons (Fsp3) is 0.344. The van der Waals surface area contributed by atoms with E-state index in [1.165, 1.54) is 0 Å². The molecule has 2 aliphatic heterocycles. The number of ether oxygens (including phenoxy) is 2. The maximum atomic E-state index is 12.5. The van der Waals surface area contributed by atoms with Crippen LogP contribution in [0.2, 0.25) is 5.02 Å². The molecule has 3 heterocycles. The summed E-state index contributed by atoms with van der Waals surface area (Å²) in [5.41, 5.74) is 4.57. The minimum atomic E-state index is -0.519. The highest BCUT2D eigenvalue weighted by Crippen LogP contribution is 2.41. The second kappa shape index (κ2) is 11.4. The van der Waals surface area contributed by atoms with E-state index >= 15 is 0 Å². The molecular weight excluding hydrogens is 540 g/mol. The highest BCUT2D eigenvalue weighted by atomic mass is 35.5. The molecule has 3 aromatic rings. The molecule has 2 amide bonds. The van der Waals surface area contributed by atoms with Gasteiger partial charge in [-0.2, -0.15) is 0 Å². The van der Waals surface area contributed by atoms with Gasteiger partial charge in [-0.25, -0.2) is 9.78 Å². The first-order chi connectivity index (χ1) is 19.6. The van der Waals surface area contributed by atoms with Gasteiger partial charge in [0.2, 0.25) is 0 Å². The summed E-state index contributed by atoms with van der Waals surface area (Å²) in [6.07, 6.45) is 3.42. The molecule has 0 bridgehead atoms. The average molecular weight is 575 g/mol. The third-order valence-corrected chi connectivity index (χ3v) is 7.55. The molecule has 214 valence electrons. The molecule has 2 aliphatic rings. The summed E-state index contributed by atoms with van der Waals surface area (Å²) >= 11 is 6.69. The summed E-state index contributed by atoms with van der Waals surface area (Å²) in [4.78, 5) is 35.2. The van der Waals surface area contributed by atoms with Gasteiger partial charge in [0.05, 0.1) is 17.8 Å². The van der Waals surface area contributed by atoms with Gasteiger partial charge in [0.25, 0.3) is 5.91 Å². The molecule has 9 heteroatoms. The second-order valence-electron chi connectivity index (χ2n) is 11.2. The van der Waals surface area contributed by atoms with Crippen LogP contribution >= 0.6 is 11.6 Å². The molecule has 0 spiro atoms. The molecule has 8 nitrogen and oxygen atoms in total. The van der Waals surface area contributed by atoms with Crippen molar-refractivity contribution in [3.8, 4) is 28.0 Å². The summed E-state index contributed by atoms with van der Waals surface area (Å²) in [6, 6.07) is 15.8. The first-order valence-electron chi connectivity index (χ1n) is 13.7. The zero-order valence-corrected chi connectivity index (χ0v) is 24.9. The molecule has 0 atom stereocenters. The summed E-state index contributed by atoms with van der Waals surface area (Å²) in [7, 11) is 1.66. The lowest BCUT2D eigenvalue weighted by Crippen LogP contribution is -2.50. The maximum Gasteiger partial charge on any atom is 0.410 e. The number of carbonyl (C=O) groups excluding carboxylic acids is 2. The standard InChI is InChI=1S/C32H35ClN4O4/c1-21-12-14-37(30(21)38)27-10-9-22(19-26(27)33)24-7-6-8-25(29(24)40-5)23-11-13-34-28(20-23)35-15-17-36(18-16-35)31(39)41-32(2,3)4/h6-13,19-20H,14-18H2,1-5H3. The van der Waals surface area contributed by atoms with Gasteiger partial charge < -0.3 is 24.2 Å². The van der Waals surface area contributed by atoms with E-state index in [0.29, 0.717) is 43.4 Å². The lowest BCUT2D eigenvalue weighted by molar-refractivity contribution is -0.114. The molecule has 1 aromatic heterocycles. The number of pyridine rings is 1. The Bertz CT molecular complexity index is 1510. The number of hydrogen-bond donors (Lipinski definition) is 0. The molecule has 41 heavy (non-hydrogen) atoms. The number of halogens is 1. The highest BCUT2D eigenvalue weighted by molar-refractivity contribution is 6.34. The van der Waals surface area contributed by atoms with E-state index in [0.717, 1.165) is 39.4 Å². The van der Waals surface area contributed by atoms with Crippen molar-refractivity contribution in [2.45, 2.75) is 33.3 Å². The van der Waals surface area contributed by atoms with Crippen LogP contribution < -0.4 is 14.5 Å². The first kappa shape index (κ1) is 28.5. The smallest absolute Gasteiger partial charge is 0.410 e. The predicted molar refractivity (Wildman–Crippen MR) is 163 cm³/mol. The Morgan fingerprint density at radius 2 is 1.66 bits per heavy atom. The van der Waals surface area contributed by atoms with Crippen molar-refractivity contribution in [1.82, 2.24) is 9.88 Å². The van der Waals surface area contributed by atoms with Gasteiger partial charge in [-0.05, 0) is 63.1 Å². The minimum Gasteiger partial charge on any atom is -0.495 e. The Labute approximate surface area is 246 Å². The quantitative estimate of drug-likeness (QED) is 0.350. The Hall–Kier alpha value is -4.04. The van der Waals surface area contributed by atoms with Crippen LogP contribution in [0, 0.1) is 0 Å². The van der Waals surface area contributed by atoms with Crippen molar-refractivity contribution in [1.29, 1.82) is 0 Å². The highest BCUT2D eigenvalue weighted by Gasteiger charge is 2.27. The molecule has 0 unspecified atom stereocenters. The number of amides is 2. The van der Waals surface area contributed by atoms with E-state index in [9.17, 15) is 9.59 Å². The van der Waals surface area contributed by atoms with E-state index < -0.39 is 5.60 Å². The zero-order chi connectivity index (χ0) is 29.3. The number of aromatic nitrogens is 1. The largest absolute Gasteiger partial charge is 0.495 e. The number of benzene rings is 2. The van der Waals surface area contributed by atoms with E-state index in [1.807, 2.05) is 76.2 Å². The van der Waals surface area contributed by atoms with Crippen LogP contribution in [-0.2, 0) is 9.53 Å². The average Bonchev–Trinajstić information content (AvgIpc) is 3.29. The maximum absolute atomic E-state index is 12.5. The minimum absolute atomic E-state index is 0.0287. The molecule has 0 saturated carbocycles. The molecule has 0 radical (unpaired) electrons. The van der Waals surface area contributed by atoms with Crippen LogP contribution in [0.25, 0.3) is 22.3 Å². The van der Waals surface area contributed by atoms with Crippen LogP contribution in [0.15, 0.2) is 66.4 Å². The number of para-hydroxylation sites is 1. The Balaban J connectivity index is 1.37. The van der Waals surface area contributed by atoms with Gasteiger partial charge in [-0.3, -0.25) is 4.79 Å². The fourth-order valence-electron chi connectivity index (χ4n) is 5.13. The number of carbonyl (C=O) groups is 2. The van der Waals surface area contributed by atoms with Crippen LogP contribution in [-0.4, -0.2) is 67.3 Å². The van der Waals surface area contributed by atoms with Gasteiger partial charge in [0.1, 0.15) is 17.2 Å². The second-order valence-corrected chi connectivity index (χ2v) is 11.6. The van der Waals surface area contributed by atoms with Crippen LogP contribution in [0.4, 0.5) is 16.3 Å². The summed E-state index contributed by atoms with van der Waals surface area (Å²) in [5.74, 6) is 1.53. The normalized spacial score (nSPS) is 15.7. The topological polar surface area (TPSA) is 75.2 Å². The Kier molecular flexibility index (Phi) is 7.95. The monoisotopic (exact) mass is 574 g/mol. The van der Waals surface area contributed by atoms with Gasteiger partial charge >= 0.3 is 6.09 Å². The van der Waals surface area contributed by atoms with Gasteiger partial charge in [-0.15, -0.1) is 0 Å². The van der Waals surface area contributed by atoms with Crippen molar-refractivity contribution < 1.29 is 19.1 Å². The predicted octanol–water partition coefficient (Wildman–Crippen LogP) is 6.43. The van der Waals surface area contributed by atoms with E-state index in [2.05, 4.69) is 16.0 Å². The lowest BCUT2D eigenvalue weighted by atomic mass is 9.97. The Morgan fingerprint density at radius 1 is 0.976 bits per heavy atom. The number of piperazine rings is 1. The number of anilines is 2. The zero-order valence-electron chi connectivity index (χ0n) is 24.1.